The molecule has 1 aromatic carbocycles. The van der Waals surface area contributed by atoms with Crippen molar-refractivity contribution in [3.63, 3.8) is 0 Å². The van der Waals surface area contributed by atoms with Gasteiger partial charge in [-0.3, -0.25) is 6.08 Å². The maximum Gasteiger partial charge on any atom is 0.115 e. The summed E-state index contributed by atoms with van der Waals surface area (Å²) in [6.45, 7) is 13.0. The minimum Gasteiger partial charge on any atom is -0.508 e. The van der Waals surface area contributed by atoms with E-state index < -0.39 is 0 Å². The molecular weight excluding hydrogens is 292 g/mol. The molecule has 0 saturated carbocycles. The first-order valence-corrected chi connectivity index (χ1v) is 7.18. The van der Waals surface area contributed by atoms with Gasteiger partial charge in [0.2, 0.25) is 0 Å². The van der Waals surface area contributed by atoms with E-state index in [1.165, 1.54) is 5.57 Å². The fourth-order valence-corrected chi connectivity index (χ4v) is 1.89. The maximum absolute atomic E-state index is 9.18. The number of hydrogen-bond acceptors (Lipinski definition) is 1. The van der Waals surface area contributed by atoms with Crippen LogP contribution >= 0.6 is 0 Å². The van der Waals surface area contributed by atoms with Gasteiger partial charge < -0.3 is 5.11 Å². The van der Waals surface area contributed by atoms with Gasteiger partial charge >= 0.3 is 0 Å². The van der Waals surface area contributed by atoms with Crippen molar-refractivity contribution in [1.29, 1.82) is 0 Å². The van der Waals surface area contributed by atoms with Crippen molar-refractivity contribution in [1.82, 2.24) is 0 Å². The van der Waals surface area contributed by atoms with Crippen LogP contribution in [0.15, 0.2) is 42.0 Å². The molecule has 1 aromatic rings. The second-order valence-electron chi connectivity index (χ2n) is 7.25. The first kappa shape index (κ1) is 20.2. The Morgan fingerprint density at radius 2 is 1.62 bits per heavy atom. The molecule has 0 bridgehead atoms. The van der Waals surface area contributed by atoms with E-state index in [0.717, 1.165) is 12.0 Å². The summed E-state index contributed by atoms with van der Waals surface area (Å²) in [5.74, 6) is 0.345. The Kier molecular flexibility index (Phi) is 7.71. The minimum absolute atomic E-state index is 0. The molecule has 1 N–H and O–H groups in total. The molecule has 21 heavy (non-hydrogen) atoms. The molecule has 0 amide bonds. The van der Waals surface area contributed by atoms with Crippen LogP contribution in [0.4, 0.5) is 0 Å². The Bertz CT molecular complexity index is 499. The maximum atomic E-state index is 9.18. The van der Waals surface area contributed by atoms with Crippen molar-refractivity contribution < 1.29 is 26.8 Å². The molecule has 0 aliphatic heterocycles. The second kappa shape index (κ2) is 8.01. The van der Waals surface area contributed by atoms with E-state index in [1.54, 1.807) is 12.1 Å². The molecule has 2 heteroatoms. The van der Waals surface area contributed by atoms with Gasteiger partial charge in [-0.25, -0.2) is 11.6 Å². The third-order valence-electron chi connectivity index (χ3n) is 3.22. The predicted octanol–water partition coefficient (Wildman–Crippen LogP) is 5.41. The van der Waals surface area contributed by atoms with Gasteiger partial charge in [0, 0.05) is 21.7 Å². The van der Waals surface area contributed by atoms with Crippen LogP contribution < -0.4 is 0 Å². The third kappa shape index (κ3) is 7.15. The summed E-state index contributed by atoms with van der Waals surface area (Å²) in [7, 11) is 0. The standard InChI is InChI=1S/C10H14O.C9H13.Ti/c1-10(2,3)8-5-4-6-9(11)7-8;1-9(2,3)8-6-4-5-7-8;/h4-7,11H,1-3H3;4,6H,5H2,1-3H3;/q;-1;. The largest absolute Gasteiger partial charge is 0.508 e. The molecule has 0 aromatic heterocycles. The van der Waals surface area contributed by atoms with Crippen molar-refractivity contribution in [2.75, 3.05) is 0 Å². The third-order valence-corrected chi connectivity index (χ3v) is 3.22. The van der Waals surface area contributed by atoms with Gasteiger partial charge in [-0.05, 0) is 28.5 Å². The molecule has 1 nitrogen and oxygen atoms in total. The molecule has 0 heterocycles. The molecule has 0 fully saturated rings. The van der Waals surface area contributed by atoms with Crippen LogP contribution in [0, 0.1) is 11.5 Å². The van der Waals surface area contributed by atoms with E-state index in [1.807, 2.05) is 12.1 Å². The molecule has 1 aliphatic rings. The van der Waals surface area contributed by atoms with Crippen LogP contribution in [0.3, 0.4) is 0 Å². The smallest absolute Gasteiger partial charge is 0.115 e. The van der Waals surface area contributed by atoms with E-state index in [4.69, 9.17) is 0 Å². The zero-order chi connectivity index (χ0) is 15.4. The number of allylic oxidation sites excluding steroid dienone is 4. The Morgan fingerprint density at radius 1 is 1.00 bits per heavy atom. The summed E-state index contributed by atoms with van der Waals surface area (Å²) in [6, 6.07) is 7.39. The average Bonchev–Trinajstić information content (AvgIpc) is 2.81. The van der Waals surface area contributed by atoms with Gasteiger partial charge in [-0.1, -0.05) is 53.7 Å². The van der Waals surface area contributed by atoms with E-state index in [-0.39, 0.29) is 27.1 Å². The number of phenols is 1. The molecule has 0 saturated heterocycles. The number of benzene rings is 1. The molecule has 2 rings (SSSR count). The second-order valence-corrected chi connectivity index (χ2v) is 7.25. The van der Waals surface area contributed by atoms with Gasteiger partial charge in [0.15, 0.2) is 0 Å². The summed E-state index contributed by atoms with van der Waals surface area (Å²) in [6.07, 6.45) is 8.63. The van der Waals surface area contributed by atoms with Crippen LogP contribution in [0.25, 0.3) is 0 Å². The molecule has 0 unspecified atom stereocenters. The molecule has 0 spiro atoms. The summed E-state index contributed by atoms with van der Waals surface area (Å²) in [5.41, 5.74) is 2.94. The zero-order valence-electron chi connectivity index (χ0n) is 14.1. The Balaban J connectivity index is 0.000000370. The molecule has 0 radical (unpaired) electrons. The topological polar surface area (TPSA) is 20.2 Å². The minimum atomic E-state index is 0. The first-order chi connectivity index (χ1) is 9.10. The van der Waals surface area contributed by atoms with Crippen LogP contribution in [-0.4, -0.2) is 5.11 Å². The number of phenolic OH excluding ortho intramolecular Hbond substituents is 1. The van der Waals surface area contributed by atoms with Crippen LogP contribution in [0.5, 0.6) is 5.75 Å². The predicted molar refractivity (Wildman–Crippen MR) is 86.8 cm³/mol. The SMILES string of the molecule is CC(C)(C)C1=[C-]CC=C1.CC(C)(C)c1cccc(O)c1.[Ti]. The van der Waals surface area contributed by atoms with Gasteiger partial charge in [-0.2, -0.15) is 6.08 Å². The number of aromatic hydroxyl groups is 1. The Hall–Kier alpha value is -0.786. The normalized spacial score (nSPS) is 13.9. The van der Waals surface area contributed by atoms with Gasteiger partial charge in [0.05, 0.1) is 0 Å². The Labute approximate surface area is 145 Å². The summed E-state index contributed by atoms with van der Waals surface area (Å²) in [5, 5.41) is 9.18. The van der Waals surface area contributed by atoms with Crippen molar-refractivity contribution in [2.24, 2.45) is 5.41 Å². The Morgan fingerprint density at radius 3 is 1.90 bits per heavy atom. The van der Waals surface area contributed by atoms with Gasteiger partial charge in [0.1, 0.15) is 5.75 Å². The first-order valence-electron chi connectivity index (χ1n) is 7.18. The van der Waals surface area contributed by atoms with Crippen LogP contribution in [0.2, 0.25) is 0 Å². The van der Waals surface area contributed by atoms with Crippen LogP contribution in [0.1, 0.15) is 53.5 Å². The molecule has 1 aliphatic carbocycles. The summed E-state index contributed by atoms with van der Waals surface area (Å²) in [4.78, 5) is 0. The fraction of sp³-hybridized carbons (Fsp3) is 0.474. The number of hydrogen-bond donors (Lipinski definition) is 1. The quantitative estimate of drug-likeness (QED) is 0.501. The van der Waals surface area contributed by atoms with Gasteiger partial charge in [0.25, 0.3) is 0 Å². The molecule has 0 atom stereocenters. The van der Waals surface area contributed by atoms with E-state index in [0.29, 0.717) is 11.2 Å². The summed E-state index contributed by atoms with van der Waals surface area (Å²) >= 11 is 0. The summed E-state index contributed by atoms with van der Waals surface area (Å²) < 4.78 is 0. The fourth-order valence-electron chi connectivity index (χ4n) is 1.89. The van der Waals surface area contributed by atoms with Crippen molar-refractivity contribution in [3.8, 4) is 5.75 Å². The van der Waals surface area contributed by atoms with Crippen molar-refractivity contribution >= 4 is 0 Å². The monoisotopic (exact) mass is 319 g/mol. The van der Waals surface area contributed by atoms with E-state index in [2.05, 4.69) is 59.8 Å². The van der Waals surface area contributed by atoms with Crippen LogP contribution in [-0.2, 0) is 27.1 Å². The molecular formula is C19H27OTi-. The average molecular weight is 319 g/mol. The van der Waals surface area contributed by atoms with Crippen molar-refractivity contribution in [3.05, 3.63) is 53.6 Å². The van der Waals surface area contributed by atoms with Crippen molar-refractivity contribution in [2.45, 2.75) is 53.4 Å². The van der Waals surface area contributed by atoms with E-state index >= 15 is 0 Å². The zero-order valence-corrected chi connectivity index (χ0v) is 15.7. The molecule has 114 valence electrons. The van der Waals surface area contributed by atoms with E-state index in [9.17, 15) is 5.11 Å². The number of rotatable bonds is 0. The van der Waals surface area contributed by atoms with Gasteiger partial charge in [-0.15, -0.1) is 6.42 Å².